The summed E-state index contributed by atoms with van der Waals surface area (Å²) in [6.07, 6.45) is 2.32. The van der Waals surface area contributed by atoms with Crippen LogP contribution in [0.2, 0.25) is 5.02 Å². The fourth-order valence-electron chi connectivity index (χ4n) is 1.75. The van der Waals surface area contributed by atoms with Crippen LogP contribution in [0.25, 0.3) is 0 Å². The molecule has 0 saturated heterocycles. The highest BCUT2D eigenvalue weighted by Gasteiger charge is 2.23. The number of nitrogens with zero attached hydrogens (tertiary/aromatic N) is 2. The van der Waals surface area contributed by atoms with Crippen molar-refractivity contribution in [2.24, 2.45) is 0 Å². The van der Waals surface area contributed by atoms with Crippen LogP contribution >= 0.6 is 34.7 Å². The topological polar surface area (TPSA) is 66.9 Å². The van der Waals surface area contributed by atoms with Crippen molar-refractivity contribution in [2.45, 2.75) is 35.4 Å². The lowest BCUT2D eigenvalue weighted by molar-refractivity contribution is -0.115. The van der Waals surface area contributed by atoms with Gasteiger partial charge in [-0.3, -0.25) is 4.79 Å². The Kier molecular flexibility index (Phi) is 5.03. The first-order chi connectivity index (χ1) is 11.0. The van der Waals surface area contributed by atoms with E-state index in [4.69, 9.17) is 11.6 Å². The third-order valence-electron chi connectivity index (χ3n) is 3.15. The summed E-state index contributed by atoms with van der Waals surface area (Å²) in [4.78, 5) is 12.2. The zero-order chi connectivity index (χ0) is 16.4. The smallest absolute Gasteiger partial charge is 0.237 e. The van der Waals surface area contributed by atoms with Gasteiger partial charge < -0.3 is 10.6 Å². The van der Waals surface area contributed by atoms with Crippen LogP contribution in [0.15, 0.2) is 22.5 Å². The second-order valence-corrected chi connectivity index (χ2v) is 8.17. The van der Waals surface area contributed by atoms with Crippen LogP contribution in [0.4, 0.5) is 15.2 Å². The number of carbonyl (C=O) groups is 1. The SMILES string of the molecule is CC(Sc1nnc(NC2CC2)s1)C(=O)Nc1ccc(Cl)cc1F. The molecular formula is C14H14ClFN4OS2. The quantitative estimate of drug-likeness (QED) is 0.749. The highest BCUT2D eigenvalue weighted by atomic mass is 35.5. The number of amides is 1. The Balaban J connectivity index is 1.57. The Hall–Kier alpha value is -1.38. The average molecular weight is 373 g/mol. The molecule has 1 aromatic carbocycles. The maximum atomic E-state index is 13.7. The Morgan fingerprint density at radius 3 is 2.96 bits per heavy atom. The van der Waals surface area contributed by atoms with Gasteiger partial charge in [0.2, 0.25) is 11.0 Å². The number of hydrogen-bond donors (Lipinski definition) is 2. The zero-order valence-electron chi connectivity index (χ0n) is 12.2. The molecule has 1 atom stereocenters. The molecule has 0 radical (unpaired) electrons. The van der Waals surface area contributed by atoms with Crippen molar-refractivity contribution >= 4 is 51.4 Å². The van der Waals surface area contributed by atoms with E-state index in [2.05, 4.69) is 20.8 Å². The first kappa shape index (κ1) is 16.5. The van der Waals surface area contributed by atoms with E-state index in [0.717, 1.165) is 24.0 Å². The van der Waals surface area contributed by atoms with Crippen molar-refractivity contribution in [2.75, 3.05) is 10.6 Å². The molecule has 1 fully saturated rings. The van der Waals surface area contributed by atoms with Gasteiger partial charge in [-0.05, 0) is 38.0 Å². The van der Waals surface area contributed by atoms with E-state index in [9.17, 15) is 9.18 Å². The Labute approximate surface area is 146 Å². The van der Waals surface area contributed by atoms with Gasteiger partial charge >= 0.3 is 0 Å². The van der Waals surface area contributed by atoms with Crippen LogP contribution in [-0.4, -0.2) is 27.4 Å². The Bertz CT molecular complexity index is 723. The third kappa shape index (κ3) is 4.55. The largest absolute Gasteiger partial charge is 0.357 e. The highest BCUT2D eigenvalue weighted by molar-refractivity contribution is 8.02. The summed E-state index contributed by atoms with van der Waals surface area (Å²) >= 11 is 8.40. The van der Waals surface area contributed by atoms with Gasteiger partial charge in [0.15, 0.2) is 4.34 Å². The van der Waals surface area contributed by atoms with Crippen molar-refractivity contribution in [1.82, 2.24) is 10.2 Å². The van der Waals surface area contributed by atoms with Crippen molar-refractivity contribution in [3.8, 4) is 0 Å². The summed E-state index contributed by atoms with van der Waals surface area (Å²) < 4.78 is 14.4. The number of aromatic nitrogens is 2. The second kappa shape index (κ2) is 7.02. The highest BCUT2D eigenvalue weighted by Crippen LogP contribution is 2.32. The number of nitrogens with one attached hydrogen (secondary N) is 2. The minimum absolute atomic E-state index is 0.111. The van der Waals surface area contributed by atoms with Crippen molar-refractivity contribution in [3.63, 3.8) is 0 Å². The first-order valence-corrected chi connectivity index (χ1v) is 9.11. The number of halogens is 2. The molecule has 1 aliphatic carbocycles. The predicted molar refractivity (Wildman–Crippen MR) is 91.9 cm³/mol. The van der Waals surface area contributed by atoms with Crippen molar-refractivity contribution in [3.05, 3.63) is 29.0 Å². The van der Waals surface area contributed by atoms with Gasteiger partial charge in [0.1, 0.15) is 5.82 Å². The summed E-state index contributed by atoms with van der Waals surface area (Å²) in [6.45, 7) is 1.74. The molecule has 1 aliphatic rings. The van der Waals surface area contributed by atoms with E-state index < -0.39 is 11.1 Å². The summed E-state index contributed by atoms with van der Waals surface area (Å²) in [6, 6.07) is 4.64. The van der Waals surface area contributed by atoms with Crippen LogP contribution in [0.5, 0.6) is 0 Å². The van der Waals surface area contributed by atoms with Gasteiger partial charge in [-0.25, -0.2) is 4.39 Å². The van der Waals surface area contributed by atoms with Crippen LogP contribution in [0.1, 0.15) is 19.8 Å². The van der Waals surface area contributed by atoms with Gasteiger partial charge in [-0.2, -0.15) is 0 Å². The molecule has 3 rings (SSSR count). The molecule has 9 heteroatoms. The van der Waals surface area contributed by atoms with E-state index in [1.54, 1.807) is 6.92 Å². The van der Waals surface area contributed by atoms with Crippen molar-refractivity contribution in [1.29, 1.82) is 0 Å². The minimum atomic E-state index is -0.560. The molecule has 0 aliphatic heterocycles. The first-order valence-electron chi connectivity index (χ1n) is 7.04. The summed E-state index contributed by atoms with van der Waals surface area (Å²) in [5, 5.41) is 14.5. The molecule has 23 heavy (non-hydrogen) atoms. The van der Waals surface area contributed by atoms with E-state index in [1.165, 1.54) is 35.2 Å². The Morgan fingerprint density at radius 1 is 1.48 bits per heavy atom. The second-order valence-electron chi connectivity index (χ2n) is 5.17. The van der Waals surface area contributed by atoms with E-state index in [0.29, 0.717) is 10.4 Å². The summed E-state index contributed by atoms with van der Waals surface area (Å²) in [7, 11) is 0. The molecule has 0 spiro atoms. The number of anilines is 2. The molecule has 2 N–H and O–H groups in total. The molecule has 1 aromatic heterocycles. The van der Waals surface area contributed by atoms with Gasteiger partial charge in [0, 0.05) is 11.1 Å². The lowest BCUT2D eigenvalue weighted by Crippen LogP contribution is -2.22. The molecule has 2 aromatic rings. The molecule has 1 unspecified atom stereocenters. The van der Waals surface area contributed by atoms with Gasteiger partial charge in [0.05, 0.1) is 10.9 Å². The number of rotatable bonds is 6. The maximum absolute atomic E-state index is 13.7. The fraction of sp³-hybridized carbons (Fsp3) is 0.357. The van der Waals surface area contributed by atoms with Crippen LogP contribution < -0.4 is 10.6 Å². The zero-order valence-corrected chi connectivity index (χ0v) is 14.6. The van der Waals surface area contributed by atoms with Gasteiger partial charge in [-0.1, -0.05) is 34.7 Å². The molecule has 0 bridgehead atoms. The molecule has 1 amide bonds. The van der Waals surface area contributed by atoms with Gasteiger partial charge in [0.25, 0.3) is 0 Å². The van der Waals surface area contributed by atoms with Gasteiger partial charge in [-0.15, -0.1) is 10.2 Å². The molecular weight excluding hydrogens is 359 g/mol. The molecule has 1 heterocycles. The normalized spacial score (nSPS) is 15.3. The van der Waals surface area contributed by atoms with Crippen LogP contribution in [0, 0.1) is 5.82 Å². The molecule has 122 valence electrons. The maximum Gasteiger partial charge on any atom is 0.237 e. The lowest BCUT2D eigenvalue weighted by atomic mass is 10.3. The average Bonchev–Trinajstić information content (AvgIpc) is 3.20. The Morgan fingerprint density at radius 2 is 2.26 bits per heavy atom. The predicted octanol–water partition coefficient (Wildman–Crippen LogP) is 4.02. The van der Waals surface area contributed by atoms with Crippen molar-refractivity contribution < 1.29 is 9.18 Å². The molecule has 5 nitrogen and oxygen atoms in total. The lowest BCUT2D eigenvalue weighted by Gasteiger charge is -2.11. The number of carbonyl (C=O) groups excluding carboxylic acids is 1. The van der Waals surface area contributed by atoms with E-state index >= 15 is 0 Å². The van der Waals surface area contributed by atoms with Crippen LogP contribution in [-0.2, 0) is 4.79 Å². The third-order valence-corrected chi connectivity index (χ3v) is 5.42. The number of thioether (sulfide) groups is 1. The monoisotopic (exact) mass is 372 g/mol. The minimum Gasteiger partial charge on any atom is -0.357 e. The van der Waals surface area contributed by atoms with E-state index in [-0.39, 0.29) is 16.6 Å². The van der Waals surface area contributed by atoms with Crippen LogP contribution in [0.3, 0.4) is 0 Å². The standard InChI is InChI=1S/C14H14ClFN4OS2/c1-7(12(21)18-11-5-2-8(15)6-10(11)16)22-14-20-19-13(23-14)17-9-3-4-9/h2,5-7,9H,3-4H2,1H3,(H,17,19)(H,18,21). The molecule has 1 saturated carbocycles. The summed E-state index contributed by atoms with van der Waals surface area (Å²) in [5.74, 6) is -0.863. The summed E-state index contributed by atoms with van der Waals surface area (Å²) in [5.41, 5.74) is 0.111. The number of benzene rings is 1. The van der Waals surface area contributed by atoms with E-state index in [1.807, 2.05) is 0 Å². The number of hydrogen-bond acceptors (Lipinski definition) is 6. The fourth-order valence-corrected chi connectivity index (χ4v) is 3.88.